The summed E-state index contributed by atoms with van der Waals surface area (Å²) >= 11 is 3.36. The summed E-state index contributed by atoms with van der Waals surface area (Å²) in [5.41, 5.74) is 0.932. The largest absolute Gasteiger partial charge is 0.335 e. The first-order valence-corrected chi connectivity index (χ1v) is 8.88. The van der Waals surface area contributed by atoms with Gasteiger partial charge in [-0.05, 0) is 34.0 Å². The zero-order valence-electron chi connectivity index (χ0n) is 13.9. The molecule has 8 heteroatoms. The number of nitrogens with zero attached hydrogens (tertiary/aromatic N) is 4. The average Bonchev–Trinajstić information content (AvgIpc) is 2.92. The van der Waals surface area contributed by atoms with Crippen LogP contribution < -0.4 is 0 Å². The smallest absolute Gasteiger partial charge is 0.275 e. The summed E-state index contributed by atoms with van der Waals surface area (Å²) in [5, 5.41) is 4.19. The predicted octanol–water partition coefficient (Wildman–Crippen LogP) is 2.46. The number of hydrogen-bond donors (Lipinski definition) is 0. The molecule has 0 atom stereocenters. The van der Waals surface area contributed by atoms with E-state index in [0.29, 0.717) is 41.8 Å². The Morgan fingerprint density at radius 3 is 2.56 bits per heavy atom. The molecule has 1 fully saturated rings. The summed E-state index contributed by atoms with van der Waals surface area (Å²) in [4.78, 5) is 16.5. The number of carbonyl (C=O) groups excluding carboxylic acids is 1. The van der Waals surface area contributed by atoms with Gasteiger partial charge in [-0.1, -0.05) is 6.07 Å². The van der Waals surface area contributed by atoms with Crippen molar-refractivity contribution in [3.63, 3.8) is 0 Å². The lowest BCUT2D eigenvalue weighted by molar-refractivity contribution is 0.0631. The molecule has 134 valence electrons. The van der Waals surface area contributed by atoms with Crippen molar-refractivity contribution in [2.24, 2.45) is 7.05 Å². The summed E-state index contributed by atoms with van der Waals surface area (Å²) in [6.07, 6.45) is 2.27. The van der Waals surface area contributed by atoms with Crippen molar-refractivity contribution in [3.8, 4) is 0 Å². The molecule has 0 N–H and O–H groups in total. The maximum atomic E-state index is 13.7. The third kappa shape index (κ3) is 4.24. The van der Waals surface area contributed by atoms with E-state index in [1.165, 1.54) is 12.1 Å². The highest BCUT2D eigenvalue weighted by atomic mass is 79.9. The second-order valence-corrected chi connectivity index (χ2v) is 6.97. The van der Waals surface area contributed by atoms with Crippen LogP contribution in [0.2, 0.25) is 0 Å². The number of halogens is 3. The van der Waals surface area contributed by atoms with Crippen LogP contribution in [0.1, 0.15) is 16.1 Å². The molecular formula is C17H19BrF2N4O. The van der Waals surface area contributed by atoms with E-state index < -0.39 is 11.6 Å². The summed E-state index contributed by atoms with van der Waals surface area (Å²) in [6.45, 7) is 3.33. The van der Waals surface area contributed by atoms with Crippen LogP contribution in [-0.4, -0.2) is 58.2 Å². The van der Waals surface area contributed by atoms with Gasteiger partial charge in [0, 0.05) is 52.0 Å². The first-order chi connectivity index (χ1) is 11.9. The van der Waals surface area contributed by atoms with Crippen LogP contribution >= 0.6 is 15.9 Å². The zero-order valence-corrected chi connectivity index (χ0v) is 15.5. The molecule has 0 saturated carbocycles. The van der Waals surface area contributed by atoms with E-state index in [9.17, 15) is 13.6 Å². The number of carbonyl (C=O) groups is 1. The second-order valence-electron chi connectivity index (χ2n) is 6.12. The van der Waals surface area contributed by atoms with Gasteiger partial charge in [0.25, 0.3) is 5.91 Å². The summed E-state index contributed by atoms with van der Waals surface area (Å²) in [7, 11) is 1.77. The number of piperazine rings is 1. The quantitative estimate of drug-likeness (QED) is 0.774. The average molecular weight is 413 g/mol. The van der Waals surface area contributed by atoms with Crippen molar-refractivity contribution in [2.75, 3.05) is 32.7 Å². The number of benzene rings is 1. The molecule has 1 aromatic carbocycles. The van der Waals surface area contributed by atoms with Crippen LogP contribution in [0.25, 0.3) is 0 Å². The standard InChI is InChI=1S/C17H19BrF2N4O/c1-22-11-14(18)16(21-22)17(25)24-8-6-23(7-9-24)5-4-12-2-3-13(19)10-15(12)20/h2-3,10-11H,4-9H2,1H3. The van der Waals surface area contributed by atoms with Gasteiger partial charge in [0.05, 0.1) is 4.47 Å². The number of amides is 1. The highest BCUT2D eigenvalue weighted by Crippen LogP contribution is 2.17. The fraction of sp³-hybridized carbons (Fsp3) is 0.412. The monoisotopic (exact) mass is 412 g/mol. The third-order valence-corrected chi connectivity index (χ3v) is 4.94. The van der Waals surface area contributed by atoms with Gasteiger partial charge in [-0.25, -0.2) is 8.78 Å². The maximum absolute atomic E-state index is 13.7. The molecule has 1 saturated heterocycles. The predicted molar refractivity (Wildman–Crippen MR) is 93.3 cm³/mol. The molecule has 2 aromatic rings. The van der Waals surface area contributed by atoms with Gasteiger partial charge in [0.1, 0.15) is 11.6 Å². The van der Waals surface area contributed by atoms with Crippen LogP contribution in [0.4, 0.5) is 8.78 Å². The number of aryl methyl sites for hydroxylation is 1. The van der Waals surface area contributed by atoms with Crippen molar-refractivity contribution in [3.05, 3.63) is 51.8 Å². The Morgan fingerprint density at radius 2 is 1.96 bits per heavy atom. The van der Waals surface area contributed by atoms with E-state index in [2.05, 4.69) is 25.9 Å². The molecule has 1 aliphatic heterocycles. The molecule has 25 heavy (non-hydrogen) atoms. The van der Waals surface area contributed by atoms with Crippen molar-refractivity contribution in [2.45, 2.75) is 6.42 Å². The molecule has 0 bridgehead atoms. The zero-order chi connectivity index (χ0) is 18.0. The highest BCUT2D eigenvalue weighted by molar-refractivity contribution is 9.10. The van der Waals surface area contributed by atoms with E-state index in [1.807, 2.05) is 0 Å². The molecule has 1 amide bonds. The summed E-state index contributed by atoms with van der Waals surface area (Å²) < 4.78 is 28.9. The van der Waals surface area contributed by atoms with Gasteiger partial charge in [-0.2, -0.15) is 5.10 Å². The Labute approximate surface area is 153 Å². The first kappa shape index (κ1) is 18.0. The summed E-state index contributed by atoms with van der Waals surface area (Å²) in [5.74, 6) is -1.15. The minimum absolute atomic E-state index is 0.0864. The molecule has 0 unspecified atom stereocenters. The fourth-order valence-electron chi connectivity index (χ4n) is 2.93. The van der Waals surface area contributed by atoms with Gasteiger partial charge in [-0.15, -0.1) is 0 Å². The molecule has 5 nitrogen and oxygen atoms in total. The lowest BCUT2D eigenvalue weighted by Gasteiger charge is -2.34. The van der Waals surface area contributed by atoms with Crippen LogP contribution in [0.3, 0.4) is 0 Å². The van der Waals surface area contributed by atoms with E-state index in [4.69, 9.17) is 0 Å². The minimum atomic E-state index is -0.561. The van der Waals surface area contributed by atoms with Crippen LogP contribution in [0.15, 0.2) is 28.9 Å². The van der Waals surface area contributed by atoms with Crippen molar-refractivity contribution in [1.29, 1.82) is 0 Å². The lowest BCUT2D eigenvalue weighted by atomic mass is 10.1. The lowest BCUT2D eigenvalue weighted by Crippen LogP contribution is -2.49. The fourth-order valence-corrected chi connectivity index (χ4v) is 3.48. The molecule has 3 rings (SSSR count). The van der Waals surface area contributed by atoms with Crippen LogP contribution in [-0.2, 0) is 13.5 Å². The van der Waals surface area contributed by atoms with Gasteiger partial charge >= 0.3 is 0 Å². The Morgan fingerprint density at radius 1 is 1.24 bits per heavy atom. The highest BCUT2D eigenvalue weighted by Gasteiger charge is 2.25. The third-order valence-electron chi connectivity index (χ3n) is 4.36. The van der Waals surface area contributed by atoms with Crippen LogP contribution in [0.5, 0.6) is 0 Å². The Kier molecular flexibility index (Phi) is 5.48. The van der Waals surface area contributed by atoms with Gasteiger partial charge < -0.3 is 4.90 Å². The summed E-state index contributed by atoms with van der Waals surface area (Å²) in [6, 6.07) is 3.68. The molecule has 2 heterocycles. The Bertz CT molecular complexity index is 772. The molecule has 1 aromatic heterocycles. The Hall–Kier alpha value is -1.80. The van der Waals surface area contributed by atoms with Gasteiger partial charge in [-0.3, -0.25) is 14.4 Å². The van der Waals surface area contributed by atoms with E-state index in [-0.39, 0.29) is 5.91 Å². The molecule has 0 aliphatic carbocycles. The maximum Gasteiger partial charge on any atom is 0.275 e. The van der Waals surface area contributed by atoms with E-state index in [0.717, 1.165) is 19.2 Å². The number of rotatable bonds is 4. The topological polar surface area (TPSA) is 41.4 Å². The first-order valence-electron chi connectivity index (χ1n) is 8.09. The van der Waals surface area contributed by atoms with Crippen molar-refractivity contribution in [1.82, 2.24) is 19.6 Å². The number of hydrogen-bond acceptors (Lipinski definition) is 3. The van der Waals surface area contributed by atoms with E-state index >= 15 is 0 Å². The molecular weight excluding hydrogens is 394 g/mol. The minimum Gasteiger partial charge on any atom is -0.335 e. The van der Waals surface area contributed by atoms with Crippen molar-refractivity contribution < 1.29 is 13.6 Å². The van der Waals surface area contributed by atoms with Gasteiger partial charge in [0.15, 0.2) is 5.69 Å². The van der Waals surface area contributed by atoms with Crippen molar-refractivity contribution >= 4 is 21.8 Å². The molecule has 1 aliphatic rings. The normalized spacial score (nSPS) is 15.6. The van der Waals surface area contributed by atoms with E-state index in [1.54, 1.807) is 22.8 Å². The Balaban J connectivity index is 1.52. The SMILES string of the molecule is Cn1cc(Br)c(C(=O)N2CCN(CCc3ccc(F)cc3F)CC2)n1. The second kappa shape index (κ2) is 7.61. The molecule has 0 spiro atoms. The van der Waals surface area contributed by atoms with Crippen LogP contribution in [0, 0.1) is 11.6 Å². The molecule has 0 radical (unpaired) electrons. The van der Waals surface area contributed by atoms with Gasteiger partial charge in [0.2, 0.25) is 0 Å². The number of aromatic nitrogens is 2.